The Morgan fingerprint density at radius 2 is 1.82 bits per heavy atom. The topological polar surface area (TPSA) is 18.5 Å². The standard InChI is InChI=1S/C12H15ClO2.C2H6/c1-14-11-6-7-12(15-8-11)9-2-4-10(13)5-3-9;1-2/h2-5,11-12H,6-8H2,1H3;1-2H3. The highest BCUT2D eigenvalue weighted by molar-refractivity contribution is 6.30. The molecule has 0 N–H and O–H groups in total. The number of hydrogen-bond donors (Lipinski definition) is 0. The van der Waals surface area contributed by atoms with Crippen molar-refractivity contribution in [3.63, 3.8) is 0 Å². The molecule has 1 fully saturated rings. The molecule has 2 atom stereocenters. The van der Waals surface area contributed by atoms with Gasteiger partial charge in [0.2, 0.25) is 0 Å². The van der Waals surface area contributed by atoms with Gasteiger partial charge in [-0.2, -0.15) is 0 Å². The third-order valence-corrected chi connectivity index (χ3v) is 3.06. The van der Waals surface area contributed by atoms with Crippen LogP contribution in [0.4, 0.5) is 0 Å². The number of hydrogen-bond acceptors (Lipinski definition) is 2. The minimum atomic E-state index is 0.202. The van der Waals surface area contributed by atoms with Gasteiger partial charge in [0.15, 0.2) is 0 Å². The summed E-state index contributed by atoms with van der Waals surface area (Å²) in [6, 6.07) is 7.87. The van der Waals surface area contributed by atoms with Crippen molar-refractivity contribution in [3.8, 4) is 0 Å². The van der Waals surface area contributed by atoms with Crippen molar-refractivity contribution in [1.29, 1.82) is 0 Å². The van der Waals surface area contributed by atoms with E-state index in [1.165, 1.54) is 5.56 Å². The van der Waals surface area contributed by atoms with E-state index in [2.05, 4.69) is 0 Å². The molecule has 1 aromatic rings. The van der Waals surface area contributed by atoms with Crippen LogP contribution in [0.2, 0.25) is 5.02 Å². The molecule has 0 aromatic heterocycles. The average Bonchev–Trinajstić information content (AvgIpc) is 2.42. The van der Waals surface area contributed by atoms with Gasteiger partial charge in [0, 0.05) is 12.1 Å². The quantitative estimate of drug-likeness (QED) is 0.788. The second-order valence-corrected chi connectivity index (χ2v) is 4.25. The molecule has 0 bridgehead atoms. The van der Waals surface area contributed by atoms with Gasteiger partial charge in [0.25, 0.3) is 0 Å². The van der Waals surface area contributed by atoms with Crippen molar-refractivity contribution in [2.75, 3.05) is 13.7 Å². The molecule has 0 saturated carbocycles. The highest BCUT2D eigenvalue weighted by atomic mass is 35.5. The fourth-order valence-electron chi connectivity index (χ4n) is 1.85. The lowest BCUT2D eigenvalue weighted by Crippen LogP contribution is -2.26. The summed E-state index contributed by atoms with van der Waals surface area (Å²) in [6.45, 7) is 4.68. The number of ether oxygens (including phenoxy) is 2. The van der Waals surface area contributed by atoms with Gasteiger partial charge in [-0.1, -0.05) is 37.6 Å². The molecule has 3 heteroatoms. The maximum Gasteiger partial charge on any atom is 0.0827 e. The third kappa shape index (κ3) is 4.30. The number of halogens is 1. The van der Waals surface area contributed by atoms with Crippen molar-refractivity contribution in [1.82, 2.24) is 0 Å². The van der Waals surface area contributed by atoms with Crippen LogP contribution in [0.3, 0.4) is 0 Å². The monoisotopic (exact) mass is 256 g/mol. The van der Waals surface area contributed by atoms with Gasteiger partial charge in [0.05, 0.1) is 18.8 Å². The van der Waals surface area contributed by atoms with E-state index < -0.39 is 0 Å². The molecule has 2 rings (SSSR count). The largest absolute Gasteiger partial charge is 0.379 e. The number of benzene rings is 1. The Kier molecular flexibility index (Phi) is 6.56. The number of rotatable bonds is 2. The summed E-state index contributed by atoms with van der Waals surface area (Å²) in [6.07, 6.45) is 2.53. The summed E-state index contributed by atoms with van der Waals surface area (Å²) in [5.41, 5.74) is 1.20. The van der Waals surface area contributed by atoms with Crippen molar-refractivity contribution in [2.24, 2.45) is 0 Å². The molecule has 1 aliphatic rings. The highest BCUT2D eigenvalue weighted by Crippen LogP contribution is 2.29. The fraction of sp³-hybridized carbons (Fsp3) is 0.571. The van der Waals surface area contributed by atoms with Gasteiger partial charge in [0.1, 0.15) is 0 Å². The minimum absolute atomic E-state index is 0.202. The lowest BCUT2D eigenvalue weighted by atomic mass is 10.0. The first-order valence-electron chi connectivity index (χ1n) is 6.19. The highest BCUT2D eigenvalue weighted by Gasteiger charge is 2.22. The summed E-state index contributed by atoms with van der Waals surface area (Å²) in [4.78, 5) is 0. The SMILES string of the molecule is CC.COC1CCC(c2ccc(Cl)cc2)OC1. The van der Waals surface area contributed by atoms with Crippen LogP contribution in [0.5, 0.6) is 0 Å². The van der Waals surface area contributed by atoms with E-state index in [0.29, 0.717) is 6.61 Å². The first-order valence-corrected chi connectivity index (χ1v) is 6.57. The molecule has 1 saturated heterocycles. The van der Waals surface area contributed by atoms with E-state index in [-0.39, 0.29) is 12.2 Å². The van der Waals surface area contributed by atoms with E-state index in [0.717, 1.165) is 17.9 Å². The molecular weight excluding hydrogens is 236 g/mol. The molecule has 1 heterocycles. The lowest BCUT2D eigenvalue weighted by Gasteiger charge is -2.28. The van der Waals surface area contributed by atoms with Gasteiger partial charge >= 0.3 is 0 Å². The Labute approximate surface area is 109 Å². The Hall–Kier alpha value is -0.570. The average molecular weight is 257 g/mol. The van der Waals surface area contributed by atoms with Gasteiger partial charge in [-0.05, 0) is 30.5 Å². The van der Waals surface area contributed by atoms with Crippen LogP contribution in [0.15, 0.2) is 24.3 Å². The predicted molar refractivity (Wildman–Crippen MR) is 71.5 cm³/mol. The van der Waals surface area contributed by atoms with E-state index in [4.69, 9.17) is 21.1 Å². The van der Waals surface area contributed by atoms with Gasteiger partial charge in [-0.15, -0.1) is 0 Å². The lowest BCUT2D eigenvalue weighted by molar-refractivity contribution is -0.0725. The second kappa shape index (κ2) is 7.70. The molecule has 1 aromatic carbocycles. The molecule has 96 valence electrons. The van der Waals surface area contributed by atoms with Crippen molar-refractivity contribution >= 4 is 11.6 Å². The molecule has 2 unspecified atom stereocenters. The fourth-order valence-corrected chi connectivity index (χ4v) is 1.98. The Bertz CT molecular complexity index is 303. The van der Waals surface area contributed by atoms with E-state index >= 15 is 0 Å². The Balaban J connectivity index is 0.000000686. The van der Waals surface area contributed by atoms with Crippen LogP contribution in [-0.2, 0) is 9.47 Å². The maximum absolute atomic E-state index is 5.84. The van der Waals surface area contributed by atoms with E-state index in [1.54, 1.807) is 7.11 Å². The zero-order valence-electron chi connectivity index (χ0n) is 10.8. The van der Waals surface area contributed by atoms with Crippen LogP contribution in [0.1, 0.15) is 38.4 Å². The summed E-state index contributed by atoms with van der Waals surface area (Å²) in [7, 11) is 1.73. The minimum Gasteiger partial charge on any atom is -0.379 e. The predicted octanol–water partition coefficient (Wildman–Crippen LogP) is 4.23. The second-order valence-electron chi connectivity index (χ2n) is 3.81. The third-order valence-electron chi connectivity index (χ3n) is 2.81. The van der Waals surface area contributed by atoms with Gasteiger partial charge in [-0.25, -0.2) is 0 Å². The molecule has 0 spiro atoms. The summed E-state index contributed by atoms with van der Waals surface area (Å²) in [5, 5.41) is 0.768. The first-order chi connectivity index (χ1) is 8.29. The molecule has 2 nitrogen and oxygen atoms in total. The maximum atomic E-state index is 5.84. The summed E-state index contributed by atoms with van der Waals surface area (Å²) < 4.78 is 11.0. The van der Waals surface area contributed by atoms with Crippen molar-refractivity contribution in [3.05, 3.63) is 34.9 Å². The normalized spacial score (nSPS) is 23.8. The van der Waals surface area contributed by atoms with Crippen LogP contribution in [0, 0.1) is 0 Å². The van der Waals surface area contributed by atoms with Crippen LogP contribution in [-0.4, -0.2) is 19.8 Å². The molecular formula is C14H21ClO2. The smallest absolute Gasteiger partial charge is 0.0827 e. The zero-order valence-corrected chi connectivity index (χ0v) is 11.5. The molecule has 0 radical (unpaired) electrons. The summed E-state index contributed by atoms with van der Waals surface area (Å²) >= 11 is 5.84. The Morgan fingerprint density at radius 1 is 1.18 bits per heavy atom. The number of methoxy groups -OCH3 is 1. The molecule has 0 aliphatic carbocycles. The van der Waals surface area contributed by atoms with Gasteiger partial charge < -0.3 is 9.47 Å². The van der Waals surface area contributed by atoms with Crippen molar-refractivity contribution < 1.29 is 9.47 Å². The molecule has 0 amide bonds. The first kappa shape index (κ1) is 14.5. The van der Waals surface area contributed by atoms with E-state index in [1.807, 2.05) is 38.1 Å². The molecule has 1 aliphatic heterocycles. The zero-order chi connectivity index (χ0) is 12.7. The van der Waals surface area contributed by atoms with Crippen LogP contribution >= 0.6 is 11.6 Å². The molecule has 17 heavy (non-hydrogen) atoms. The van der Waals surface area contributed by atoms with Crippen molar-refractivity contribution in [2.45, 2.75) is 38.9 Å². The van der Waals surface area contributed by atoms with Crippen LogP contribution < -0.4 is 0 Å². The van der Waals surface area contributed by atoms with Crippen LogP contribution in [0.25, 0.3) is 0 Å². The summed E-state index contributed by atoms with van der Waals surface area (Å²) in [5.74, 6) is 0. The van der Waals surface area contributed by atoms with E-state index in [9.17, 15) is 0 Å². The Morgan fingerprint density at radius 3 is 2.29 bits per heavy atom. The van der Waals surface area contributed by atoms with Gasteiger partial charge in [-0.3, -0.25) is 0 Å².